The topological polar surface area (TPSA) is 73.8 Å². The molecule has 0 unspecified atom stereocenters. The molecule has 0 atom stereocenters. The van der Waals surface area contributed by atoms with E-state index < -0.39 is 11.4 Å². The van der Waals surface area contributed by atoms with Crippen molar-refractivity contribution in [3.8, 4) is 5.75 Å². The molecule has 3 aliphatic rings. The number of piperidine rings is 3. The number of aliphatic carboxylic acids is 1. The third-order valence-corrected chi connectivity index (χ3v) is 11.5. The van der Waals surface area contributed by atoms with Gasteiger partial charge in [-0.15, -0.1) is 0 Å². The maximum atomic E-state index is 12.8. The standard InChI is InChI=1S/C21H26FNO.C12H15NO2.C12H17N/c1-21(18-6-3-2-4-7-18)12-15-23(16-13-21)14-5-17-24-20-10-8-19(22)9-11-20;14-11(15)12(6-8-13-9-7-12)10-4-2-1-3-5-10;1-12(7-9-13-10-8-12)11-5-3-2-4-6-11/h2-4,6-11H,5,12-17H2,1H3;1-5,13H,6-9H2,(H,14,15);2-6,13H,7-10H2,1H3. The molecule has 0 radical (unpaired) electrons. The van der Waals surface area contributed by atoms with Crippen molar-refractivity contribution >= 4 is 5.97 Å². The third kappa shape index (κ3) is 10.8. The van der Waals surface area contributed by atoms with Crippen molar-refractivity contribution in [2.75, 3.05) is 52.4 Å². The minimum absolute atomic E-state index is 0.225. The smallest absolute Gasteiger partial charge is 0.314 e. The van der Waals surface area contributed by atoms with Gasteiger partial charge in [0.15, 0.2) is 0 Å². The zero-order valence-corrected chi connectivity index (χ0v) is 31.2. The number of carbonyl (C=O) groups is 1. The molecule has 7 heteroatoms. The molecule has 3 saturated heterocycles. The first kappa shape index (κ1) is 39.2. The highest BCUT2D eigenvalue weighted by atomic mass is 19.1. The first-order valence-corrected chi connectivity index (χ1v) is 19.1. The first-order chi connectivity index (χ1) is 25.2. The number of likely N-dealkylation sites (tertiary alicyclic amines) is 1. The van der Waals surface area contributed by atoms with Crippen LogP contribution in [0.5, 0.6) is 5.75 Å². The Kier molecular flexibility index (Phi) is 14.4. The number of hydrogen-bond donors (Lipinski definition) is 3. The Morgan fingerprint density at radius 2 is 1.10 bits per heavy atom. The summed E-state index contributed by atoms with van der Waals surface area (Å²) in [5, 5.41) is 16.0. The van der Waals surface area contributed by atoms with Gasteiger partial charge in [0.2, 0.25) is 0 Å². The number of carboxylic acids is 1. The first-order valence-electron chi connectivity index (χ1n) is 19.1. The largest absolute Gasteiger partial charge is 0.494 e. The molecule has 3 aliphatic heterocycles. The van der Waals surface area contributed by atoms with E-state index in [0.717, 1.165) is 63.5 Å². The third-order valence-electron chi connectivity index (χ3n) is 11.5. The summed E-state index contributed by atoms with van der Waals surface area (Å²) in [5.41, 5.74) is 3.93. The zero-order chi connectivity index (χ0) is 36.7. The number of ether oxygens (including phenoxy) is 1. The average Bonchev–Trinajstić information content (AvgIpc) is 3.20. The molecule has 4 aromatic rings. The summed E-state index contributed by atoms with van der Waals surface area (Å²) in [5.74, 6) is -0.181. The maximum absolute atomic E-state index is 12.8. The zero-order valence-electron chi connectivity index (χ0n) is 31.2. The molecule has 0 aromatic heterocycles. The lowest BCUT2D eigenvalue weighted by molar-refractivity contribution is -0.145. The van der Waals surface area contributed by atoms with Crippen LogP contribution < -0.4 is 15.4 Å². The molecule has 0 spiro atoms. The van der Waals surface area contributed by atoms with E-state index in [9.17, 15) is 14.3 Å². The summed E-state index contributed by atoms with van der Waals surface area (Å²) in [6.07, 6.45) is 7.28. The van der Waals surface area contributed by atoms with Crippen molar-refractivity contribution < 1.29 is 19.0 Å². The molecule has 0 saturated carbocycles. The number of nitrogens with zero attached hydrogens (tertiary/aromatic N) is 1. The number of halogens is 1. The molecule has 6 nitrogen and oxygen atoms in total. The fraction of sp³-hybridized carbons (Fsp3) is 0.444. The van der Waals surface area contributed by atoms with E-state index in [-0.39, 0.29) is 5.82 Å². The Morgan fingerprint density at radius 1 is 0.654 bits per heavy atom. The van der Waals surface area contributed by atoms with Gasteiger partial charge in [0.05, 0.1) is 12.0 Å². The highest BCUT2D eigenvalue weighted by molar-refractivity contribution is 5.81. The van der Waals surface area contributed by atoms with Crippen molar-refractivity contribution in [1.29, 1.82) is 0 Å². The Labute approximate surface area is 310 Å². The van der Waals surface area contributed by atoms with Crippen LogP contribution in [0.1, 0.15) is 75.5 Å². The number of hydrogen-bond acceptors (Lipinski definition) is 5. The quantitative estimate of drug-likeness (QED) is 0.152. The summed E-state index contributed by atoms with van der Waals surface area (Å²) >= 11 is 0. The van der Waals surface area contributed by atoms with Crippen molar-refractivity contribution in [3.05, 3.63) is 138 Å². The molecule has 52 heavy (non-hydrogen) atoms. The molecule has 3 heterocycles. The van der Waals surface area contributed by atoms with E-state index in [2.05, 4.69) is 90.0 Å². The lowest BCUT2D eigenvalue weighted by Crippen LogP contribution is -2.45. The molecular formula is C45H58FN3O3. The van der Waals surface area contributed by atoms with E-state index in [4.69, 9.17) is 4.74 Å². The average molecular weight is 708 g/mol. The fourth-order valence-corrected chi connectivity index (χ4v) is 7.75. The molecule has 0 bridgehead atoms. The van der Waals surface area contributed by atoms with Crippen LogP contribution in [0, 0.1) is 5.82 Å². The van der Waals surface area contributed by atoms with Gasteiger partial charge in [0, 0.05) is 6.54 Å². The lowest BCUT2D eigenvalue weighted by Gasteiger charge is -2.40. The van der Waals surface area contributed by atoms with E-state index in [0.29, 0.717) is 30.3 Å². The van der Waals surface area contributed by atoms with Gasteiger partial charge in [-0.05, 0) is 136 Å². The van der Waals surface area contributed by atoms with Gasteiger partial charge < -0.3 is 25.4 Å². The second kappa shape index (κ2) is 19.2. The summed E-state index contributed by atoms with van der Waals surface area (Å²) in [6.45, 7) is 12.7. The van der Waals surface area contributed by atoms with Crippen molar-refractivity contribution in [3.63, 3.8) is 0 Å². The van der Waals surface area contributed by atoms with E-state index in [1.54, 1.807) is 12.1 Å². The number of carboxylic acid groups (broad SMARTS) is 1. The molecule has 278 valence electrons. The number of rotatable bonds is 9. The van der Waals surface area contributed by atoms with Gasteiger partial charge in [-0.3, -0.25) is 4.79 Å². The number of benzene rings is 4. The van der Waals surface area contributed by atoms with Crippen molar-refractivity contribution in [1.82, 2.24) is 15.5 Å². The van der Waals surface area contributed by atoms with Crippen LogP contribution >= 0.6 is 0 Å². The number of nitrogens with one attached hydrogen (secondary N) is 2. The Morgan fingerprint density at radius 3 is 1.58 bits per heavy atom. The van der Waals surface area contributed by atoms with Crippen LogP contribution in [0.3, 0.4) is 0 Å². The van der Waals surface area contributed by atoms with E-state index >= 15 is 0 Å². The Balaban J connectivity index is 0.000000161. The second-order valence-electron chi connectivity index (χ2n) is 15.1. The predicted octanol–water partition coefficient (Wildman–Crippen LogP) is 8.37. The molecule has 0 amide bonds. The molecule has 3 fully saturated rings. The summed E-state index contributed by atoms with van der Waals surface area (Å²) < 4.78 is 18.5. The highest BCUT2D eigenvalue weighted by Gasteiger charge is 2.41. The van der Waals surface area contributed by atoms with Gasteiger partial charge in [-0.1, -0.05) is 105 Å². The summed E-state index contributed by atoms with van der Waals surface area (Å²) in [4.78, 5) is 14.0. The van der Waals surface area contributed by atoms with E-state index in [1.165, 1.54) is 48.9 Å². The lowest BCUT2D eigenvalue weighted by atomic mass is 9.73. The van der Waals surface area contributed by atoms with Crippen LogP contribution in [0.15, 0.2) is 115 Å². The van der Waals surface area contributed by atoms with Crippen LogP contribution in [0.25, 0.3) is 0 Å². The summed E-state index contributed by atoms with van der Waals surface area (Å²) in [7, 11) is 0. The summed E-state index contributed by atoms with van der Waals surface area (Å²) in [6, 6.07) is 37.6. The SMILES string of the molecule is CC1(c2ccccc2)CCN(CCCOc2ccc(F)cc2)CC1.CC1(c2ccccc2)CCNCC1.O=C(O)C1(c2ccccc2)CCNCC1. The maximum Gasteiger partial charge on any atom is 0.314 e. The Hall–Kier alpha value is -4.04. The van der Waals surface area contributed by atoms with Crippen LogP contribution in [0.2, 0.25) is 0 Å². The monoisotopic (exact) mass is 707 g/mol. The van der Waals surface area contributed by atoms with Gasteiger partial charge in [0.25, 0.3) is 0 Å². The minimum atomic E-state index is -0.699. The van der Waals surface area contributed by atoms with Gasteiger partial charge in [-0.2, -0.15) is 0 Å². The van der Waals surface area contributed by atoms with Crippen LogP contribution in [0.4, 0.5) is 4.39 Å². The molecular weight excluding hydrogens is 650 g/mol. The molecule has 0 aliphatic carbocycles. The highest BCUT2D eigenvalue weighted by Crippen LogP contribution is 2.36. The van der Waals surface area contributed by atoms with Gasteiger partial charge in [0.1, 0.15) is 11.6 Å². The van der Waals surface area contributed by atoms with Crippen LogP contribution in [-0.4, -0.2) is 68.4 Å². The Bertz CT molecular complexity index is 1600. The van der Waals surface area contributed by atoms with Crippen molar-refractivity contribution in [2.24, 2.45) is 0 Å². The van der Waals surface area contributed by atoms with Gasteiger partial charge >= 0.3 is 5.97 Å². The van der Waals surface area contributed by atoms with Crippen LogP contribution in [-0.2, 0) is 21.0 Å². The molecule has 4 aromatic carbocycles. The minimum Gasteiger partial charge on any atom is -0.494 e. The molecule has 7 rings (SSSR count). The van der Waals surface area contributed by atoms with Gasteiger partial charge in [-0.25, -0.2) is 4.39 Å². The normalized spacial score (nSPS) is 19.1. The predicted molar refractivity (Wildman–Crippen MR) is 210 cm³/mol. The van der Waals surface area contributed by atoms with Crippen molar-refractivity contribution in [2.45, 2.75) is 75.0 Å². The second-order valence-corrected chi connectivity index (χ2v) is 15.1. The van der Waals surface area contributed by atoms with E-state index in [1.807, 2.05) is 30.3 Å². The molecule has 3 N–H and O–H groups in total. The fourth-order valence-electron chi connectivity index (χ4n) is 7.75.